The van der Waals surface area contributed by atoms with E-state index >= 15 is 0 Å². The first-order valence-corrected chi connectivity index (χ1v) is 22.5. The standard InChI is InChI=1S/C62H49N3/c1-42-32-43(2)35-51(34-42)63(48-18-8-5-9-19-48)53-38-47(39-54(41-53)64(49-20-10-6-11-21-49)52-36-44(3)33-45(4)37-52)56-30-29-55(57-24-14-15-25-58(56)57)46-28-31-62-60(40-46)59-26-16-17-27-61(59)65(62)50-22-12-7-13-23-50/h5-41H,1-4H3. The molecule has 0 aliphatic rings. The van der Waals surface area contributed by atoms with E-state index in [9.17, 15) is 0 Å². The van der Waals surface area contributed by atoms with Crippen molar-refractivity contribution in [2.45, 2.75) is 27.7 Å². The maximum Gasteiger partial charge on any atom is 0.0541 e. The third kappa shape index (κ3) is 7.41. The Morgan fingerprint density at radius 3 is 1.22 bits per heavy atom. The highest BCUT2D eigenvalue weighted by Gasteiger charge is 2.22. The van der Waals surface area contributed by atoms with Crippen LogP contribution in [-0.2, 0) is 0 Å². The van der Waals surface area contributed by atoms with E-state index in [0.29, 0.717) is 0 Å². The lowest BCUT2D eigenvalue weighted by Gasteiger charge is -2.31. The summed E-state index contributed by atoms with van der Waals surface area (Å²) in [4.78, 5) is 4.82. The van der Waals surface area contributed by atoms with Crippen molar-refractivity contribution in [3.05, 3.63) is 247 Å². The Morgan fingerprint density at radius 2 is 0.692 bits per heavy atom. The van der Waals surface area contributed by atoms with E-state index in [4.69, 9.17) is 0 Å². The molecule has 10 aromatic carbocycles. The fraction of sp³-hybridized carbons (Fsp3) is 0.0645. The average molecular weight is 836 g/mol. The van der Waals surface area contributed by atoms with Crippen molar-refractivity contribution in [2.24, 2.45) is 0 Å². The summed E-state index contributed by atoms with van der Waals surface area (Å²) in [6, 6.07) is 82.4. The summed E-state index contributed by atoms with van der Waals surface area (Å²) in [6.07, 6.45) is 0. The van der Waals surface area contributed by atoms with Gasteiger partial charge in [-0.1, -0.05) is 127 Å². The van der Waals surface area contributed by atoms with Crippen LogP contribution in [0.25, 0.3) is 60.5 Å². The predicted octanol–water partition coefficient (Wildman–Crippen LogP) is 17.4. The second-order valence-electron chi connectivity index (χ2n) is 17.4. The molecule has 65 heavy (non-hydrogen) atoms. The molecule has 0 unspecified atom stereocenters. The molecule has 3 heteroatoms. The number of hydrogen-bond donors (Lipinski definition) is 0. The van der Waals surface area contributed by atoms with Crippen molar-refractivity contribution in [1.82, 2.24) is 4.57 Å². The van der Waals surface area contributed by atoms with Gasteiger partial charge in [0.2, 0.25) is 0 Å². The van der Waals surface area contributed by atoms with E-state index < -0.39 is 0 Å². The van der Waals surface area contributed by atoms with Crippen LogP contribution in [0, 0.1) is 27.7 Å². The first-order valence-electron chi connectivity index (χ1n) is 22.5. The Hall–Kier alpha value is -8.14. The highest BCUT2D eigenvalue weighted by Crippen LogP contribution is 2.46. The fourth-order valence-corrected chi connectivity index (χ4v) is 10.0. The van der Waals surface area contributed by atoms with Crippen molar-refractivity contribution >= 4 is 66.7 Å². The lowest BCUT2D eigenvalue weighted by atomic mass is 9.91. The fourth-order valence-electron chi connectivity index (χ4n) is 10.0. The van der Waals surface area contributed by atoms with Gasteiger partial charge in [-0.15, -0.1) is 0 Å². The topological polar surface area (TPSA) is 11.4 Å². The van der Waals surface area contributed by atoms with Gasteiger partial charge in [0, 0.05) is 50.6 Å². The van der Waals surface area contributed by atoms with Gasteiger partial charge < -0.3 is 14.4 Å². The Morgan fingerprint density at radius 1 is 0.277 bits per heavy atom. The number of anilines is 6. The van der Waals surface area contributed by atoms with Crippen LogP contribution in [-0.4, -0.2) is 4.57 Å². The summed E-state index contributed by atoms with van der Waals surface area (Å²) >= 11 is 0. The molecule has 0 spiro atoms. The number of para-hydroxylation sites is 4. The summed E-state index contributed by atoms with van der Waals surface area (Å²) in [7, 11) is 0. The minimum absolute atomic E-state index is 1.08. The average Bonchev–Trinajstić information content (AvgIpc) is 3.65. The first-order chi connectivity index (χ1) is 31.9. The number of hydrogen-bond acceptors (Lipinski definition) is 2. The highest BCUT2D eigenvalue weighted by atomic mass is 15.2. The number of nitrogens with zero attached hydrogens (tertiary/aromatic N) is 3. The molecular formula is C62H49N3. The van der Waals surface area contributed by atoms with Crippen LogP contribution < -0.4 is 9.80 Å². The number of rotatable bonds is 9. The molecule has 0 atom stereocenters. The molecule has 1 heterocycles. The van der Waals surface area contributed by atoms with Gasteiger partial charge in [0.15, 0.2) is 0 Å². The molecule has 11 rings (SSSR count). The van der Waals surface area contributed by atoms with Gasteiger partial charge in [-0.2, -0.15) is 0 Å². The van der Waals surface area contributed by atoms with Crippen molar-refractivity contribution in [2.75, 3.05) is 9.80 Å². The number of aromatic nitrogens is 1. The van der Waals surface area contributed by atoms with Crippen LogP contribution in [0.2, 0.25) is 0 Å². The van der Waals surface area contributed by atoms with Crippen LogP contribution in [0.15, 0.2) is 224 Å². The molecule has 11 aromatic rings. The molecule has 0 fully saturated rings. The largest absolute Gasteiger partial charge is 0.310 e. The van der Waals surface area contributed by atoms with E-state index in [0.717, 1.165) is 45.4 Å². The van der Waals surface area contributed by atoms with Gasteiger partial charge in [0.1, 0.15) is 0 Å². The van der Waals surface area contributed by atoms with Gasteiger partial charge in [-0.25, -0.2) is 0 Å². The SMILES string of the molecule is Cc1cc(C)cc(N(c2ccccc2)c2cc(-c3ccc(-c4ccc5c(c4)c4ccccc4n5-c4ccccc4)c4ccccc34)cc(N(c3ccccc3)c3cc(C)cc(C)c3)c2)c1. The first kappa shape index (κ1) is 39.7. The van der Waals surface area contributed by atoms with Gasteiger partial charge in [-0.3, -0.25) is 0 Å². The number of aryl methyl sites for hydroxylation is 4. The molecule has 0 saturated carbocycles. The molecular weight excluding hydrogens is 787 g/mol. The van der Waals surface area contributed by atoms with E-state index in [2.05, 4.69) is 267 Å². The number of benzene rings is 10. The molecule has 0 N–H and O–H groups in total. The minimum atomic E-state index is 1.08. The van der Waals surface area contributed by atoms with Crippen LogP contribution >= 0.6 is 0 Å². The summed E-state index contributed by atoms with van der Waals surface area (Å²) in [6.45, 7) is 8.74. The normalized spacial score (nSPS) is 11.4. The van der Waals surface area contributed by atoms with E-state index in [-0.39, 0.29) is 0 Å². The Kier molecular flexibility index (Phi) is 10.1. The molecule has 0 aliphatic heterocycles. The molecule has 0 aliphatic carbocycles. The lowest BCUT2D eigenvalue weighted by Crippen LogP contribution is -2.14. The second kappa shape index (κ2) is 16.5. The van der Waals surface area contributed by atoms with Crippen LogP contribution in [0.4, 0.5) is 34.1 Å². The van der Waals surface area contributed by atoms with E-state index in [1.807, 2.05) is 0 Å². The number of fused-ring (bicyclic) bond motifs is 4. The maximum atomic E-state index is 2.41. The van der Waals surface area contributed by atoms with Crippen molar-refractivity contribution in [1.29, 1.82) is 0 Å². The molecule has 0 saturated heterocycles. The molecule has 0 amide bonds. The van der Waals surface area contributed by atoms with Crippen LogP contribution in [0.5, 0.6) is 0 Å². The second-order valence-corrected chi connectivity index (χ2v) is 17.4. The third-order valence-electron chi connectivity index (χ3n) is 12.6. The highest BCUT2D eigenvalue weighted by molar-refractivity contribution is 6.12. The zero-order chi connectivity index (χ0) is 44.0. The summed E-state index contributed by atoms with van der Waals surface area (Å²) in [5.41, 5.74) is 19.8. The van der Waals surface area contributed by atoms with Crippen molar-refractivity contribution < 1.29 is 0 Å². The molecule has 3 nitrogen and oxygen atoms in total. The molecule has 0 bridgehead atoms. The Labute approximate surface area is 381 Å². The summed E-state index contributed by atoms with van der Waals surface area (Å²) in [5, 5.41) is 4.91. The smallest absolute Gasteiger partial charge is 0.0541 e. The maximum absolute atomic E-state index is 2.41. The van der Waals surface area contributed by atoms with Crippen molar-refractivity contribution in [3.8, 4) is 27.9 Å². The summed E-state index contributed by atoms with van der Waals surface area (Å²) < 4.78 is 2.38. The monoisotopic (exact) mass is 835 g/mol. The van der Waals surface area contributed by atoms with Gasteiger partial charge in [0.05, 0.1) is 11.0 Å². The zero-order valence-corrected chi connectivity index (χ0v) is 37.2. The molecule has 0 radical (unpaired) electrons. The van der Waals surface area contributed by atoms with Crippen molar-refractivity contribution in [3.63, 3.8) is 0 Å². The third-order valence-corrected chi connectivity index (χ3v) is 12.6. The van der Waals surface area contributed by atoms with E-state index in [1.165, 1.54) is 71.5 Å². The van der Waals surface area contributed by atoms with Gasteiger partial charge >= 0.3 is 0 Å². The quantitative estimate of drug-likeness (QED) is 0.143. The van der Waals surface area contributed by atoms with E-state index in [1.54, 1.807) is 0 Å². The van der Waals surface area contributed by atoms with Gasteiger partial charge in [-0.05, 0) is 180 Å². The summed E-state index contributed by atoms with van der Waals surface area (Å²) in [5.74, 6) is 0. The molecule has 312 valence electrons. The van der Waals surface area contributed by atoms with Crippen LogP contribution in [0.1, 0.15) is 22.3 Å². The Bertz CT molecular complexity index is 3380. The Balaban J connectivity index is 1.15. The lowest BCUT2D eigenvalue weighted by molar-refractivity contribution is 1.18. The zero-order valence-electron chi connectivity index (χ0n) is 37.2. The minimum Gasteiger partial charge on any atom is -0.310 e. The van der Waals surface area contributed by atoms with Crippen LogP contribution in [0.3, 0.4) is 0 Å². The predicted molar refractivity (Wildman–Crippen MR) is 277 cm³/mol. The molecule has 1 aromatic heterocycles. The van der Waals surface area contributed by atoms with Gasteiger partial charge in [0.25, 0.3) is 0 Å².